The number of carbonyl (C=O) groups excluding carboxylic acids is 2. The number of methoxy groups -OCH3 is 1. The van der Waals surface area contributed by atoms with Crippen molar-refractivity contribution in [1.82, 2.24) is 4.90 Å². The van der Waals surface area contributed by atoms with Gasteiger partial charge in [-0.25, -0.2) is 8.42 Å². The van der Waals surface area contributed by atoms with Gasteiger partial charge in [-0.15, -0.1) is 0 Å². The summed E-state index contributed by atoms with van der Waals surface area (Å²) in [6.07, 6.45) is 0.339. The highest BCUT2D eigenvalue weighted by molar-refractivity contribution is 7.91. The summed E-state index contributed by atoms with van der Waals surface area (Å²) in [6, 6.07) is 6.83. The van der Waals surface area contributed by atoms with E-state index in [1.54, 1.807) is 12.1 Å². The fourth-order valence-electron chi connectivity index (χ4n) is 3.03. The number of hydrogen-bond acceptors (Lipinski definition) is 5. The molecule has 150 valence electrons. The molecule has 0 aliphatic carbocycles. The number of rotatable bonds is 5. The van der Waals surface area contributed by atoms with Gasteiger partial charge in [0, 0.05) is 25.4 Å². The van der Waals surface area contributed by atoms with Crippen molar-refractivity contribution in [1.29, 1.82) is 0 Å². The first-order chi connectivity index (χ1) is 12.5. The predicted molar refractivity (Wildman–Crippen MR) is 104 cm³/mol. The van der Waals surface area contributed by atoms with Crippen molar-refractivity contribution in [3.05, 3.63) is 29.8 Å². The Kier molecular flexibility index (Phi) is 6.64. The molecule has 2 rings (SSSR count). The Morgan fingerprint density at radius 2 is 1.85 bits per heavy atom. The molecule has 1 fully saturated rings. The second-order valence-corrected chi connectivity index (χ2v) is 10.1. The second kappa shape index (κ2) is 8.39. The van der Waals surface area contributed by atoms with Crippen LogP contribution >= 0.6 is 0 Å². The van der Waals surface area contributed by atoms with Gasteiger partial charge in [-0.3, -0.25) is 9.59 Å². The largest absolute Gasteiger partial charge is 0.383 e. The van der Waals surface area contributed by atoms with Gasteiger partial charge in [0.25, 0.3) is 0 Å². The highest BCUT2D eigenvalue weighted by atomic mass is 32.2. The Morgan fingerprint density at radius 1 is 1.22 bits per heavy atom. The molecule has 0 spiro atoms. The van der Waals surface area contributed by atoms with Crippen molar-refractivity contribution < 1.29 is 22.7 Å². The van der Waals surface area contributed by atoms with Crippen LogP contribution in [0.4, 0.5) is 5.69 Å². The van der Waals surface area contributed by atoms with E-state index in [1.165, 1.54) is 12.0 Å². The number of amides is 2. The van der Waals surface area contributed by atoms with E-state index in [4.69, 9.17) is 4.74 Å². The fourth-order valence-corrected chi connectivity index (χ4v) is 4.76. The molecule has 1 aromatic rings. The molecule has 1 heterocycles. The number of sulfone groups is 1. The molecule has 0 aromatic heterocycles. The van der Waals surface area contributed by atoms with Gasteiger partial charge in [0.1, 0.15) is 0 Å². The van der Waals surface area contributed by atoms with Crippen LogP contribution in [0.25, 0.3) is 0 Å². The fraction of sp³-hybridized carbons (Fsp3) is 0.579. The minimum Gasteiger partial charge on any atom is -0.383 e. The second-order valence-electron chi connectivity index (χ2n) is 7.83. The van der Waals surface area contributed by atoms with Gasteiger partial charge in [-0.1, -0.05) is 32.9 Å². The highest BCUT2D eigenvalue weighted by Crippen LogP contribution is 2.23. The molecule has 0 radical (unpaired) electrons. The lowest BCUT2D eigenvalue weighted by atomic mass is 9.87. The molecule has 2 amide bonds. The highest BCUT2D eigenvalue weighted by Gasteiger charge is 2.36. The topological polar surface area (TPSA) is 92.8 Å². The van der Waals surface area contributed by atoms with Crippen LogP contribution in [0.2, 0.25) is 0 Å². The van der Waals surface area contributed by atoms with Crippen LogP contribution in [0.3, 0.4) is 0 Å². The average Bonchev–Trinajstić information content (AvgIpc) is 2.94. The quantitative estimate of drug-likeness (QED) is 0.763. The first-order valence-electron chi connectivity index (χ1n) is 8.95. The minimum absolute atomic E-state index is 0.0106. The summed E-state index contributed by atoms with van der Waals surface area (Å²) in [6.45, 7) is 6.68. The Hall–Kier alpha value is -1.93. The number of anilines is 1. The van der Waals surface area contributed by atoms with E-state index in [9.17, 15) is 18.0 Å². The molecular formula is C19H28N2O5S. The number of nitrogens with zero attached hydrogens (tertiary/aromatic N) is 1. The van der Waals surface area contributed by atoms with Crippen molar-refractivity contribution >= 4 is 27.3 Å². The maximum Gasteiger partial charge on any atom is 0.313 e. The first-order valence-corrected chi connectivity index (χ1v) is 10.8. The van der Waals surface area contributed by atoms with Crippen molar-refractivity contribution in [2.45, 2.75) is 38.6 Å². The van der Waals surface area contributed by atoms with Crippen LogP contribution in [0.1, 0.15) is 32.8 Å². The predicted octanol–water partition coefficient (Wildman–Crippen LogP) is 1.58. The van der Waals surface area contributed by atoms with Crippen LogP contribution in [0.5, 0.6) is 0 Å². The van der Waals surface area contributed by atoms with E-state index in [2.05, 4.69) is 26.1 Å². The van der Waals surface area contributed by atoms with Gasteiger partial charge in [0.15, 0.2) is 9.84 Å². The summed E-state index contributed by atoms with van der Waals surface area (Å²) in [5.74, 6) is -1.60. The molecular weight excluding hydrogens is 368 g/mol. The Labute approximate surface area is 161 Å². The zero-order valence-corrected chi connectivity index (χ0v) is 17.1. The minimum atomic E-state index is -3.17. The molecule has 1 aliphatic heterocycles. The zero-order valence-electron chi connectivity index (χ0n) is 16.3. The van der Waals surface area contributed by atoms with Gasteiger partial charge in [-0.05, 0) is 29.5 Å². The number of ether oxygens (including phenoxy) is 1. The molecule has 27 heavy (non-hydrogen) atoms. The summed E-state index contributed by atoms with van der Waals surface area (Å²) in [5, 5.41) is 2.60. The van der Waals surface area contributed by atoms with Crippen LogP contribution in [-0.4, -0.2) is 62.9 Å². The number of benzene rings is 1. The van der Waals surface area contributed by atoms with E-state index < -0.39 is 27.7 Å². The number of nitrogens with one attached hydrogen (secondary N) is 1. The Balaban J connectivity index is 2.09. The number of hydrogen-bond donors (Lipinski definition) is 1. The summed E-state index contributed by atoms with van der Waals surface area (Å²) in [5.41, 5.74) is 1.63. The standard InChI is InChI=1S/C19H28N2O5S/c1-19(2,3)14-5-7-15(8-6-14)20-17(22)18(23)21(10-11-26-4)16-9-12-27(24,25)13-16/h5-8,16H,9-13H2,1-4H3,(H,20,22). The van der Waals surface area contributed by atoms with Gasteiger partial charge < -0.3 is 15.0 Å². The van der Waals surface area contributed by atoms with Crippen molar-refractivity contribution in [3.8, 4) is 0 Å². The lowest BCUT2D eigenvalue weighted by molar-refractivity contribution is -0.144. The molecule has 0 saturated carbocycles. The van der Waals surface area contributed by atoms with Crippen LogP contribution < -0.4 is 5.32 Å². The van der Waals surface area contributed by atoms with Gasteiger partial charge in [0.05, 0.1) is 18.1 Å². The van der Waals surface area contributed by atoms with Crippen molar-refractivity contribution in [2.75, 3.05) is 37.1 Å². The zero-order chi connectivity index (χ0) is 20.2. The van der Waals surface area contributed by atoms with Crippen molar-refractivity contribution in [2.24, 2.45) is 0 Å². The molecule has 0 bridgehead atoms. The Bertz CT molecular complexity index is 781. The van der Waals surface area contributed by atoms with E-state index in [0.717, 1.165) is 5.56 Å². The smallest absolute Gasteiger partial charge is 0.313 e. The summed E-state index contributed by atoms with van der Waals surface area (Å²) >= 11 is 0. The monoisotopic (exact) mass is 396 g/mol. The van der Waals surface area contributed by atoms with Gasteiger partial charge >= 0.3 is 11.8 Å². The van der Waals surface area contributed by atoms with Crippen LogP contribution in [0.15, 0.2) is 24.3 Å². The van der Waals surface area contributed by atoms with Crippen molar-refractivity contribution in [3.63, 3.8) is 0 Å². The average molecular weight is 397 g/mol. The molecule has 1 saturated heterocycles. The van der Waals surface area contributed by atoms with E-state index >= 15 is 0 Å². The maximum atomic E-state index is 12.6. The third-order valence-corrected chi connectivity index (χ3v) is 6.40. The molecule has 1 unspecified atom stereocenters. The molecule has 1 aromatic carbocycles. The first kappa shape index (κ1) is 21.4. The Morgan fingerprint density at radius 3 is 2.33 bits per heavy atom. The van der Waals surface area contributed by atoms with Crippen LogP contribution in [0, 0.1) is 0 Å². The number of carbonyl (C=O) groups is 2. The lowest BCUT2D eigenvalue weighted by Crippen LogP contribution is -2.47. The molecule has 1 atom stereocenters. The lowest BCUT2D eigenvalue weighted by Gasteiger charge is -2.27. The van der Waals surface area contributed by atoms with E-state index in [-0.39, 0.29) is 30.1 Å². The summed E-state index contributed by atoms with van der Waals surface area (Å²) in [7, 11) is -1.68. The van der Waals surface area contributed by atoms with Gasteiger partial charge in [-0.2, -0.15) is 0 Å². The summed E-state index contributed by atoms with van der Waals surface area (Å²) in [4.78, 5) is 26.4. The maximum absolute atomic E-state index is 12.6. The van der Waals surface area contributed by atoms with Gasteiger partial charge in [0.2, 0.25) is 0 Å². The molecule has 7 nitrogen and oxygen atoms in total. The third kappa shape index (κ3) is 5.77. The van der Waals surface area contributed by atoms with E-state index in [1.807, 2.05) is 12.1 Å². The molecule has 1 aliphatic rings. The SMILES string of the molecule is COCCN(C(=O)C(=O)Nc1ccc(C(C)(C)C)cc1)C1CCS(=O)(=O)C1. The normalized spacial score (nSPS) is 18.9. The van der Waals surface area contributed by atoms with Crippen LogP contribution in [-0.2, 0) is 29.6 Å². The van der Waals surface area contributed by atoms with E-state index in [0.29, 0.717) is 12.1 Å². The molecule has 8 heteroatoms. The third-order valence-electron chi connectivity index (χ3n) is 4.65. The molecule has 1 N–H and O–H groups in total. The summed E-state index contributed by atoms with van der Waals surface area (Å²) < 4.78 is 28.5.